The van der Waals surface area contributed by atoms with Crippen LogP contribution in [0.4, 0.5) is 0 Å². The normalized spacial score (nSPS) is 10.9. The monoisotopic (exact) mass is 280 g/mol. The minimum Gasteiger partial charge on any atom is -0.453 e. The SMILES string of the molecule is COC(OC)c1cc(-c2ccc(C=O)o2)ccc1Cl. The molecule has 5 heteroatoms. The van der Waals surface area contributed by atoms with Crippen LogP contribution in [0.25, 0.3) is 11.3 Å². The molecule has 0 bridgehead atoms. The smallest absolute Gasteiger partial charge is 0.185 e. The van der Waals surface area contributed by atoms with Crippen molar-refractivity contribution in [1.82, 2.24) is 0 Å². The standard InChI is InChI=1S/C14H13ClO4/c1-17-14(18-2)11-7-9(3-5-12(11)15)13-6-4-10(8-16)19-13/h3-8,14H,1-2H3. The summed E-state index contributed by atoms with van der Waals surface area (Å²) in [5, 5.41) is 0.541. The summed E-state index contributed by atoms with van der Waals surface area (Å²) in [5.41, 5.74) is 1.50. The van der Waals surface area contributed by atoms with E-state index < -0.39 is 6.29 Å². The first-order valence-electron chi connectivity index (χ1n) is 5.60. The van der Waals surface area contributed by atoms with Crippen molar-refractivity contribution >= 4 is 17.9 Å². The lowest BCUT2D eigenvalue weighted by Gasteiger charge is -2.15. The van der Waals surface area contributed by atoms with E-state index in [0.29, 0.717) is 22.6 Å². The molecule has 0 spiro atoms. The molecular weight excluding hydrogens is 268 g/mol. The maximum atomic E-state index is 10.6. The molecule has 4 nitrogen and oxygen atoms in total. The van der Waals surface area contributed by atoms with Gasteiger partial charge in [-0.25, -0.2) is 0 Å². The fourth-order valence-corrected chi connectivity index (χ4v) is 2.01. The van der Waals surface area contributed by atoms with E-state index in [1.54, 1.807) is 18.2 Å². The van der Waals surface area contributed by atoms with Crippen LogP contribution in [-0.4, -0.2) is 20.5 Å². The summed E-state index contributed by atoms with van der Waals surface area (Å²) >= 11 is 6.12. The number of benzene rings is 1. The maximum Gasteiger partial charge on any atom is 0.185 e. The highest BCUT2D eigenvalue weighted by Crippen LogP contribution is 2.31. The summed E-state index contributed by atoms with van der Waals surface area (Å²) in [6, 6.07) is 8.70. The number of furan rings is 1. The van der Waals surface area contributed by atoms with E-state index in [1.165, 1.54) is 14.2 Å². The van der Waals surface area contributed by atoms with Crippen LogP contribution < -0.4 is 0 Å². The largest absolute Gasteiger partial charge is 0.453 e. The van der Waals surface area contributed by atoms with E-state index in [1.807, 2.05) is 12.1 Å². The summed E-state index contributed by atoms with van der Waals surface area (Å²) in [6.07, 6.45) is 0.112. The molecule has 0 unspecified atom stereocenters. The summed E-state index contributed by atoms with van der Waals surface area (Å²) in [6.45, 7) is 0. The Morgan fingerprint density at radius 1 is 1.21 bits per heavy atom. The van der Waals surface area contributed by atoms with Crippen molar-refractivity contribution in [2.45, 2.75) is 6.29 Å². The molecule has 1 aromatic heterocycles. The second-order valence-electron chi connectivity index (χ2n) is 3.86. The third kappa shape index (κ3) is 2.87. The maximum absolute atomic E-state index is 10.6. The molecule has 0 aliphatic rings. The Morgan fingerprint density at radius 3 is 2.53 bits per heavy atom. The Balaban J connectivity index is 2.42. The number of rotatable bonds is 5. The van der Waals surface area contributed by atoms with E-state index in [-0.39, 0.29) is 5.76 Å². The first-order chi connectivity index (χ1) is 9.19. The summed E-state index contributed by atoms with van der Waals surface area (Å²) < 4.78 is 15.7. The van der Waals surface area contributed by atoms with Gasteiger partial charge in [-0.15, -0.1) is 0 Å². The van der Waals surface area contributed by atoms with E-state index >= 15 is 0 Å². The third-order valence-electron chi connectivity index (χ3n) is 2.71. The second-order valence-corrected chi connectivity index (χ2v) is 4.27. The van der Waals surface area contributed by atoms with Gasteiger partial charge < -0.3 is 13.9 Å². The van der Waals surface area contributed by atoms with Gasteiger partial charge in [0, 0.05) is 30.4 Å². The van der Waals surface area contributed by atoms with Crippen molar-refractivity contribution in [3.8, 4) is 11.3 Å². The number of hydrogen-bond acceptors (Lipinski definition) is 4. The molecule has 0 aliphatic carbocycles. The zero-order valence-corrected chi connectivity index (χ0v) is 11.3. The molecule has 0 saturated heterocycles. The van der Waals surface area contributed by atoms with Crippen LogP contribution in [0.15, 0.2) is 34.7 Å². The Bertz CT molecular complexity index is 573. The fourth-order valence-electron chi connectivity index (χ4n) is 1.80. The van der Waals surface area contributed by atoms with Crippen molar-refractivity contribution in [3.63, 3.8) is 0 Å². The number of aldehydes is 1. The molecule has 0 saturated carbocycles. The topological polar surface area (TPSA) is 48.7 Å². The van der Waals surface area contributed by atoms with Crippen molar-refractivity contribution in [2.75, 3.05) is 14.2 Å². The van der Waals surface area contributed by atoms with Gasteiger partial charge in [-0.2, -0.15) is 0 Å². The van der Waals surface area contributed by atoms with Gasteiger partial charge in [0.2, 0.25) is 0 Å². The highest BCUT2D eigenvalue weighted by molar-refractivity contribution is 6.31. The molecule has 1 aromatic carbocycles. The first-order valence-corrected chi connectivity index (χ1v) is 5.97. The zero-order valence-electron chi connectivity index (χ0n) is 10.6. The predicted octanol–water partition coefficient (Wildman–Crippen LogP) is 3.70. The van der Waals surface area contributed by atoms with Crippen molar-refractivity contribution in [3.05, 3.63) is 46.7 Å². The number of methoxy groups -OCH3 is 2. The minimum atomic E-state index is -0.548. The molecule has 0 radical (unpaired) electrons. The number of hydrogen-bond donors (Lipinski definition) is 0. The van der Waals surface area contributed by atoms with Gasteiger partial charge in [-0.05, 0) is 30.3 Å². The number of halogens is 1. The van der Waals surface area contributed by atoms with Gasteiger partial charge in [0.1, 0.15) is 5.76 Å². The lowest BCUT2D eigenvalue weighted by Crippen LogP contribution is -2.04. The average molecular weight is 281 g/mol. The first kappa shape index (κ1) is 13.8. The quantitative estimate of drug-likeness (QED) is 0.619. The molecule has 0 aliphatic heterocycles. The Hall–Kier alpha value is -1.62. The number of carbonyl (C=O) groups is 1. The zero-order chi connectivity index (χ0) is 13.8. The molecule has 100 valence electrons. The van der Waals surface area contributed by atoms with E-state index in [0.717, 1.165) is 5.56 Å². The Labute approximate surface area is 115 Å². The number of ether oxygens (including phenoxy) is 2. The predicted molar refractivity (Wildman–Crippen MR) is 71.3 cm³/mol. The van der Waals surface area contributed by atoms with Gasteiger partial charge in [-0.3, -0.25) is 4.79 Å². The summed E-state index contributed by atoms with van der Waals surface area (Å²) in [5.74, 6) is 0.868. The van der Waals surface area contributed by atoms with Crippen LogP contribution >= 0.6 is 11.6 Å². The molecule has 19 heavy (non-hydrogen) atoms. The Kier molecular flexibility index (Phi) is 4.37. The van der Waals surface area contributed by atoms with Crippen LogP contribution in [0.5, 0.6) is 0 Å². The van der Waals surface area contributed by atoms with Crippen LogP contribution in [0, 0.1) is 0 Å². The molecule has 0 N–H and O–H groups in total. The summed E-state index contributed by atoms with van der Waals surface area (Å²) in [7, 11) is 3.07. The van der Waals surface area contributed by atoms with E-state index in [4.69, 9.17) is 25.5 Å². The second kappa shape index (κ2) is 6.02. The van der Waals surface area contributed by atoms with Crippen molar-refractivity contribution in [2.24, 2.45) is 0 Å². The molecule has 0 atom stereocenters. The Morgan fingerprint density at radius 2 is 1.95 bits per heavy atom. The lowest BCUT2D eigenvalue weighted by atomic mass is 10.1. The molecule has 0 amide bonds. The van der Waals surface area contributed by atoms with E-state index in [2.05, 4.69) is 0 Å². The molecule has 1 heterocycles. The molecular formula is C14H13ClO4. The average Bonchev–Trinajstić information content (AvgIpc) is 2.91. The fraction of sp³-hybridized carbons (Fsp3) is 0.214. The third-order valence-corrected chi connectivity index (χ3v) is 3.05. The van der Waals surface area contributed by atoms with Crippen molar-refractivity contribution in [1.29, 1.82) is 0 Å². The van der Waals surface area contributed by atoms with Crippen molar-refractivity contribution < 1.29 is 18.7 Å². The highest BCUT2D eigenvalue weighted by atomic mass is 35.5. The van der Waals surface area contributed by atoms with Crippen LogP contribution in [0.3, 0.4) is 0 Å². The van der Waals surface area contributed by atoms with Gasteiger partial charge in [0.15, 0.2) is 18.3 Å². The van der Waals surface area contributed by atoms with Gasteiger partial charge in [0.25, 0.3) is 0 Å². The molecule has 2 rings (SSSR count). The van der Waals surface area contributed by atoms with Crippen LogP contribution in [-0.2, 0) is 9.47 Å². The van der Waals surface area contributed by atoms with E-state index in [9.17, 15) is 4.79 Å². The highest BCUT2D eigenvalue weighted by Gasteiger charge is 2.15. The lowest BCUT2D eigenvalue weighted by molar-refractivity contribution is -0.105. The minimum absolute atomic E-state index is 0.279. The van der Waals surface area contributed by atoms with Gasteiger partial charge in [0.05, 0.1) is 0 Å². The van der Waals surface area contributed by atoms with Crippen LogP contribution in [0.2, 0.25) is 5.02 Å². The molecule has 2 aromatic rings. The summed E-state index contributed by atoms with van der Waals surface area (Å²) in [4.78, 5) is 10.6. The molecule has 0 fully saturated rings. The van der Waals surface area contributed by atoms with Crippen LogP contribution in [0.1, 0.15) is 22.4 Å². The van der Waals surface area contributed by atoms with Gasteiger partial charge >= 0.3 is 0 Å². The van der Waals surface area contributed by atoms with Gasteiger partial charge in [-0.1, -0.05) is 11.6 Å². The number of carbonyl (C=O) groups excluding carboxylic acids is 1.